The van der Waals surface area contributed by atoms with E-state index in [9.17, 15) is 4.79 Å². The number of carbonyl (C=O) groups excluding carboxylic acids is 1. The fraction of sp³-hybridized carbons (Fsp3) is 0.476. The Hall–Kier alpha value is -2.03. The van der Waals surface area contributed by atoms with Gasteiger partial charge in [-0.2, -0.15) is 0 Å². The van der Waals surface area contributed by atoms with E-state index in [1.54, 1.807) is 0 Å². The van der Waals surface area contributed by atoms with Gasteiger partial charge in [0, 0.05) is 23.0 Å². The lowest BCUT2D eigenvalue weighted by atomic mass is 9.97. The quantitative estimate of drug-likeness (QED) is 0.794. The van der Waals surface area contributed by atoms with Crippen molar-refractivity contribution in [2.45, 2.75) is 60.4 Å². The Morgan fingerprint density at radius 2 is 1.71 bits per heavy atom. The number of nitrogens with two attached hydrogens (primary N) is 1. The van der Waals surface area contributed by atoms with Crippen LogP contribution in [0.1, 0.15) is 67.5 Å². The molecule has 24 heavy (non-hydrogen) atoms. The van der Waals surface area contributed by atoms with Crippen LogP contribution in [-0.2, 0) is 6.42 Å². The molecule has 2 aromatic rings. The standard InChI is InChI=1S/C21H30N2O/c1-7-8-18-20(17-11-9-14(4)10-12-17)19(21(22)24)16(6)23(18)15(5)13(2)3/h9-13,15H,7-8H2,1-6H3,(H2,22,24). The van der Waals surface area contributed by atoms with Gasteiger partial charge in [-0.3, -0.25) is 4.79 Å². The van der Waals surface area contributed by atoms with E-state index in [4.69, 9.17) is 5.73 Å². The van der Waals surface area contributed by atoms with Crippen LogP contribution in [0.4, 0.5) is 0 Å². The van der Waals surface area contributed by atoms with Crippen LogP contribution >= 0.6 is 0 Å². The van der Waals surface area contributed by atoms with Crippen molar-refractivity contribution in [3.8, 4) is 11.1 Å². The molecule has 2 rings (SSSR count). The molecule has 0 spiro atoms. The maximum absolute atomic E-state index is 12.3. The zero-order valence-electron chi connectivity index (χ0n) is 15.8. The van der Waals surface area contributed by atoms with Crippen molar-refractivity contribution in [1.29, 1.82) is 0 Å². The number of hydrogen-bond acceptors (Lipinski definition) is 1. The van der Waals surface area contributed by atoms with E-state index >= 15 is 0 Å². The van der Waals surface area contributed by atoms with Crippen LogP contribution in [0.25, 0.3) is 11.1 Å². The van der Waals surface area contributed by atoms with Crippen molar-refractivity contribution >= 4 is 5.91 Å². The summed E-state index contributed by atoms with van der Waals surface area (Å²) in [7, 11) is 0. The molecule has 1 heterocycles. The second-order valence-electron chi connectivity index (χ2n) is 7.12. The first-order chi connectivity index (χ1) is 11.3. The number of rotatable bonds is 6. The van der Waals surface area contributed by atoms with Crippen LogP contribution < -0.4 is 5.73 Å². The number of primary amides is 1. The lowest BCUT2D eigenvalue weighted by molar-refractivity contribution is 0.1000. The fourth-order valence-electron chi connectivity index (χ4n) is 3.43. The van der Waals surface area contributed by atoms with E-state index < -0.39 is 0 Å². The molecular formula is C21H30N2O. The second kappa shape index (κ2) is 7.25. The van der Waals surface area contributed by atoms with E-state index in [0.717, 1.165) is 29.7 Å². The molecule has 0 saturated carbocycles. The van der Waals surface area contributed by atoms with E-state index in [0.29, 0.717) is 17.5 Å². The molecule has 0 aliphatic rings. The van der Waals surface area contributed by atoms with Crippen LogP contribution in [-0.4, -0.2) is 10.5 Å². The van der Waals surface area contributed by atoms with E-state index in [1.807, 2.05) is 6.92 Å². The molecule has 3 nitrogen and oxygen atoms in total. The average Bonchev–Trinajstić information content (AvgIpc) is 2.80. The Morgan fingerprint density at radius 3 is 2.17 bits per heavy atom. The third kappa shape index (κ3) is 3.26. The second-order valence-corrected chi connectivity index (χ2v) is 7.12. The highest BCUT2D eigenvalue weighted by Gasteiger charge is 2.27. The molecule has 1 aromatic carbocycles. The monoisotopic (exact) mass is 326 g/mol. The normalized spacial score (nSPS) is 12.6. The number of nitrogens with zero attached hydrogens (tertiary/aromatic N) is 1. The molecule has 1 atom stereocenters. The SMILES string of the molecule is CCCc1c(-c2ccc(C)cc2)c(C(N)=O)c(C)n1C(C)C(C)C. The highest BCUT2D eigenvalue weighted by atomic mass is 16.1. The first-order valence-electron chi connectivity index (χ1n) is 8.90. The Balaban J connectivity index is 2.82. The maximum atomic E-state index is 12.3. The molecule has 0 bridgehead atoms. The number of hydrogen-bond donors (Lipinski definition) is 1. The van der Waals surface area contributed by atoms with Crippen LogP contribution in [0.5, 0.6) is 0 Å². The van der Waals surface area contributed by atoms with E-state index in [1.165, 1.54) is 11.3 Å². The summed E-state index contributed by atoms with van der Waals surface area (Å²) in [6.45, 7) is 12.9. The minimum Gasteiger partial charge on any atom is -0.366 e. The molecule has 0 aliphatic heterocycles. The third-order valence-corrected chi connectivity index (χ3v) is 5.00. The van der Waals surface area contributed by atoms with Gasteiger partial charge in [-0.25, -0.2) is 0 Å². The number of carbonyl (C=O) groups is 1. The smallest absolute Gasteiger partial charge is 0.251 e. The largest absolute Gasteiger partial charge is 0.366 e. The van der Waals surface area contributed by atoms with Crippen LogP contribution in [0.2, 0.25) is 0 Å². The van der Waals surface area contributed by atoms with E-state index in [2.05, 4.69) is 63.5 Å². The van der Waals surface area contributed by atoms with Gasteiger partial charge in [0.2, 0.25) is 0 Å². The van der Waals surface area contributed by atoms with Crippen molar-refractivity contribution in [1.82, 2.24) is 4.57 Å². The zero-order valence-corrected chi connectivity index (χ0v) is 15.8. The molecule has 3 heteroatoms. The van der Waals surface area contributed by atoms with Crippen molar-refractivity contribution in [2.24, 2.45) is 11.7 Å². The van der Waals surface area contributed by atoms with Crippen molar-refractivity contribution in [3.63, 3.8) is 0 Å². The van der Waals surface area contributed by atoms with Crippen LogP contribution in [0.15, 0.2) is 24.3 Å². The Bertz CT molecular complexity index is 723. The third-order valence-electron chi connectivity index (χ3n) is 5.00. The molecule has 0 radical (unpaired) electrons. The van der Waals surface area contributed by atoms with Gasteiger partial charge in [0.05, 0.1) is 5.56 Å². The van der Waals surface area contributed by atoms with Crippen LogP contribution in [0.3, 0.4) is 0 Å². The molecule has 1 unspecified atom stereocenters. The topological polar surface area (TPSA) is 48.0 Å². The first kappa shape index (κ1) is 18.3. The van der Waals surface area contributed by atoms with Crippen LogP contribution in [0, 0.1) is 19.8 Å². The fourth-order valence-corrected chi connectivity index (χ4v) is 3.43. The highest BCUT2D eigenvalue weighted by molar-refractivity contribution is 6.02. The van der Waals surface area contributed by atoms with Gasteiger partial charge in [0.15, 0.2) is 0 Å². The van der Waals surface area contributed by atoms with Gasteiger partial charge in [0.1, 0.15) is 0 Å². The predicted molar refractivity (Wildman–Crippen MR) is 101 cm³/mol. The average molecular weight is 326 g/mol. The summed E-state index contributed by atoms with van der Waals surface area (Å²) in [4.78, 5) is 12.3. The summed E-state index contributed by atoms with van der Waals surface area (Å²) in [5.74, 6) is 0.147. The number of benzene rings is 1. The van der Waals surface area contributed by atoms with Gasteiger partial charge in [-0.15, -0.1) is 0 Å². The van der Waals surface area contributed by atoms with Crippen molar-refractivity contribution in [3.05, 3.63) is 46.8 Å². The highest BCUT2D eigenvalue weighted by Crippen LogP contribution is 2.37. The van der Waals surface area contributed by atoms with Gasteiger partial charge < -0.3 is 10.3 Å². The summed E-state index contributed by atoms with van der Waals surface area (Å²) in [5.41, 5.74) is 12.0. The lowest BCUT2D eigenvalue weighted by Crippen LogP contribution is -2.17. The van der Waals surface area contributed by atoms with Crippen molar-refractivity contribution < 1.29 is 4.79 Å². The van der Waals surface area contributed by atoms with E-state index in [-0.39, 0.29) is 5.91 Å². The summed E-state index contributed by atoms with van der Waals surface area (Å²) in [6, 6.07) is 8.70. The summed E-state index contributed by atoms with van der Waals surface area (Å²) in [6.07, 6.45) is 1.97. The molecule has 0 aliphatic carbocycles. The summed E-state index contributed by atoms with van der Waals surface area (Å²) in [5, 5.41) is 0. The first-order valence-corrected chi connectivity index (χ1v) is 8.90. The summed E-state index contributed by atoms with van der Waals surface area (Å²) < 4.78 is 2.34. The van der Waals surface area contributed by atoms with Gasteiger partial charge in [0.25, 0.3) is 5.91 Å². The maximum Gasteiger partial charge on any atom is 0.251 e. The molecule has 1 amide bonds. The molecular weight excluding hydrogens is 296 g/mol. The zero-order chi connectivity index (χ0) is 18.0. The Kier molecular flexibility index (Phi) is 5.53. The Morgan fingerprint density at radius 1 is 1.12 bits per heavy atom. The molecule has 1 aromatic heterocycles. The van der Waals surface area contributed by atoms with Crippen molar-refractivity contribution in [2.75, 3.05) is 0 Å². The molecule has 2 N–H and O–H groups in total. The van der Waals surface area contributed by atoms with Gasteiger partial charge >= 0.3 is 0 Å². The predicted octanol–water partition coefficient (Wildman–Crippen LogP) is 5.04. The summed E-state index contributed by atoms with van der Waals surface area (Å²) >= 11 is 0. The number of amides is 1. The van der Waals surface area contributed by atoms with Gasteiger partial charge in [-0.1, -0.05) is 57.0 Å². The molecule has 0 fully saturated rings. The number of aromatic nitrogens is 1. The molecule has 130 valence electrons. The lowest BCUT2D eigenvalue weighted by Gasteiger charge is -2.23. The van der Waals surface area contributed by atoms with Gasteiger partial charge in [-0.05, 0) is 38.7 Å². The minimum atomic E-state index is -0.338. The Labute approximate surface area is 145 Å². The molecule has 0 saturated heterocycles. The number of aryl methyl sites for hydroxylation is 1. The minimum absolute atomic E-state index is 0.323.